The van der Waals surface area contributed by atoms with E-state index >= 15 is 0 Å². The number of anilines is 1. The predicted molar refractivity (Wildman–Crippen MR) is 111 cm³/mol. The van der Waals surface area contributed by atoms with Crippen LogP contribution in [0, 0.1) is 16.7 Å². The van der Waals surface area contributed by atoms with Crippen molar-refractivity contribution >= 4 is 27.4 Å². The van der Waals surface area contributed by atoms with Crippen LogP contribution >= 0.6 is 0 Å². The zero-order valence-electron chi connectivity index (χ0n) is 17.3. The molecule has 2 bridgehead atoms. The Hall–Kier alpha value is -1.93. The van der Waals surface area contributed by atoms with Gasteiger partial charge in [-0.3, -0.25) is 14.3 Å². The monoisotopic (exact) mass is 422 g/mol. The van der Waals surface area contributed by atoms with Crippen molar-refractivity contribution in [2.45, 2.75) is 39.5 Å². The zero-order valence-corrected chi connectivity index (χ0v) is 18.1. The van der Waals surface area contributed by atoms with E-state index in [1.54, 1.807) is 31.4 Å². The summed E-state index contributed by atoms with van der Waals surface area (Å²) < 4.78 is 33.2. The molecular weight excluding hydrogens is 392 g/mol. The Labute approximate surface area is 172 Å². The highest BCUT2D eigenvalue weighted by atomic mass is 32.2. The number of ether oxygens (including phenoxy) is 1. The quantitative estimate of drug-likeness (QED) is 0.594. The zero-order chi connectivity index (χ0) is 21.3. The lowest BCUT2D eigenvalue weighted by Crippen LogP contribution is -2.43. The smallest absolute Gasteiger partial charge is 0.233 e. The molecule has 3 rings (SSSR count). The summed E-state index contributed by atoms with van der Waals surface area (Å²) in [5, 5.41) is 2.74. The van der Waals surface area contributed by atoms with Crippen LogP contribution in [0.3, 0.4) is 0 Å². The summed E-state index contributed by atoms with van der Waals surface area (Å²) in [7, 11) is -2.11. The number of carbonyl (C=O) groups excluding carboxylic acids is 2. The lowest BCUT2D eigenvalue weighted by atomic mass is 9.70. The highest BCUT2D eigenvalue weighted by Crippen LogP contribution is 2.64. The Morgan fingerprint density at radius 2 is 1.93 bits per heavy atom. The van der Waals surface area contributed by atoms with E-state index in [1.807, 2.05) is 13.8 Å². The molecule has 2 N–H and O–H groups in total. The standard InChI is InChI=1S/C21H30N2O5S/c1-20(2)16-8-9-21(20,18(24)13-16)14-29(26,27)23-17-6-4-15(5-7-17)12-19(25)22-10-11-28-3/h4-7,16,23H,8-14H2,1-3H3,(H,22,25)/t16-,21+/m0/s1. The van der Waals surface area contributed by atoms with E-state index in [4.69, 9.17) is 4.74 Å². The summed E-state index contributed by atoms with van der Waals surface area (Å²) in [5.74, 6) is 0.0668. The minimum atomic E-state index is -3.68. The Morgan fingerprint density at radius 1 is 1.24 bits per heavy atom. The first-order valence-electron chi connectivity index (χ1n) is 9.98. The summed E-state index contributed by atoms with van der Waals surface area (Å²) in [4.78, 5) is 24.5. The first kappa shape index (κ1) is 21.8. The topological polar surface area (TPSA) is 102 Å². The number of fused-ring (bicyclic) bond motifs is 2. The molecule has 0 aliphatic heterocycles. The van der Waals surface area contributed by atoms with Crippen molar-refractivity contribution < 1.29 is 22.7 Å². The van der Waals surface area contributed by atoms with Gasteiger partial charge in [0.1, 0.15) is 5.78 Å². The van der Waals surface area contributed by atoms with Crippen LogP contribution in [-0.4, -0.2) is 46.1 Å². The van der Waals surface area contributed by atoms with Gasteiger partial charge in [0.15, 0.2) is 0 Å². The molecule has 1 aromatic carbocycles. The predicted octanol–water partition coefficient (Wildman–Crippen LogP) is 2.13. The molecule has 2 fully saturated rings. The minimum absolute atomic E-state index is 0.0824. The van der Waals surface area contributed by atoms with Gasteiger partial charge in [0, 0.05) is 25.8 Å². The molecule has 160 valence electrons. The number of benzene rings is 1. The van der Waals surface area contributed by atoms with Crippen molar-refractivity contribution in [1.82, 2.24) is 5.32 Å². The van der Waals surface area contributed by atoms with E-state index < -0.39 is 15.4 Å². The van der Waals surface area contributed by atoms with Gasteiger partial charge in [-0.2, -0.15) is 0 Å². The maximum Gasteiger partial charge on any atom is 0.233 e. The summed E-state index contributed by atoms with van der Waals surface area (Å²) in [6.07, 6.45) is 2.25. The van der Waals surface area contributed by atoms with Crippen LogP contribution in [0.15, 0.2) is 24.3 Å². The third kappa shape index (κ3) is 4.33. The number of rotatable bonds is 9. The van der Waals surface area contributed by atoms with E-state index in [-0.39, 0.29) is 35.2 Å². The van der Waals surface area contributed by atoms with Gasteiger partial charge in [-0.25, -0.2) is 8.42 Å². The first-order valence-corrected chi connectivity index (χ1v) is 11.6. The maximum absolute atomic E-state index is 12.8. The van der Waals surface area contributed by atoms with Gasteiger partial charge >= 0.3 is 0 Å². The summed E-state index contributed by atoms with van der Waals surface area (Å²) in [6, 6.07) is 6.74. The first-order chi connectivity index (χ1) is 13.6. The second-order valence-electron chi connectivity index (χ2n) is 8.74. The number of methoxy groups -OCH3 is 1. The number of hydrogen-bond donors (Lipinski definition) is 2. The molecule has 0 saturated heterocycles. The highest BCUT2D eigenvalue weighted by molar-refractivity contribution is 7.92. The van der Waals surface area contributed by atoms with Crippen LogP contribution in [0.25, 0.3) is 0 Å². The normalized spacial score (nSPS) is 25.2. The number of carbonyl (C=O) groups is 2. The molecule has 29 heavy (non-hydrogen) atoms. The van der Waals surface area contributed by atoms with Gasteiger partial charge in [-0.05, 0) is 41.9 Å². The molecule has 2 saturated carbocycles. The van der Waals surface area contributed by atoms with Crippen LogP contribution in [0.4, 0.5) is 5.69 Å². The van der Waals surface area contributed by atoms with E-state index in [0.717, 1.165) is 12.0 Å². The SMILES string of the molecule is COCCNC(=O)Cc1ccc(NS(=O)(=O)C[C@]23CC[C@@H](CC2=O)C3(C)C)cc1. The molecule has 2 atom stereocenters. The second kappa shape index (κ2) is 8.07. The van der Waals surface area contributed by atoms with Crippen molar-refractivity contribution in [3.8, 4) is 0 Å². The van der Waals surface area contributed by atoms with Crippen LogP contribution in [-0.2, 0) is 30.8 Å². The Morgan fingerprint density at radius 3 is 2.48 bits per heavy atom. The summed E-state index contributed by atoms with van der Waals surface area (Å²) in [5.41, 5.74) is 0.137. The van der Waals surface area contributed by atoms with Crippen molar-refractivity contribution in [2.24, 2.45) is 16.7 Å². The van der Waals surface area contributed by atoms with Crippen molar-refractivity contribution in [3.05, 3.63) is 29.8 Å². The van der Waals surface area contributed by atoms with Gasteiger partial charge < -0.3 is 10.1 Å². The molecule has 0 unspecified atom stereocenters. The molecule has 2 aliphatic rings. The number of sulfonamides is 1. The molecule has 0 spiro atoms. The fourth-order valence-corrected chi connectivity index (χ4v) is 6.77. The third-order valence-electron chi connectivity index (χ3n) is 6.80. The third-order valence-corrected chi connectivity index (χ3v) is 8.22. The number of Topliss-reactive ketones (excluding diaryl/α,β-unsaturated/α-hetero) is 1. The average molecular weight is 423 g/mol. The van der Waals surface area contributed by atoms with E-state index in [2.05, 4.69) is 10.0 Å². The van der Waals surface area contributed by atoms with Crippen molar-refractivity contribution in [2.75, 3.05) is 30.7 Å². The molecule has 0 heterocycles. The lowest BCUT2D eigenvalue weighted by Gasteiger charge is -2.36. The molecule has 0 radical (unpaired) electrons. The number of ketones is 1. The fraction of sp³-hybridized carbons (Fsp3) is 0.619. The molecule has 0 aromatic heterocycles. The molecule has 7 nitrogen and oxygen atoms in total. The Balaban J connectivity index is 1.62. The van der Waals surface area contributed by atoms with Gasteiger partial charge in [-0.15, -0.1) is 0 Å². The number of nitrogens with one attached hydrogen (secondary N) is 2. The van der Waals surface area contributed by atoms with Crippen LogP contribution in [0.5, 0.6) is 0 Å². The Bertz CT molecular complexity index is 879. The lowest BCUT2D eigenvalue weighted by molar-refractivity contribution is -0.128. The van der Waals surface area contributed by atoms with Gasteiger partial charge in [0.05, 0.1) is 24.2 Å². The summed E-state index contributed by atoms with van der Waals surface area (Å²) in [6.45, 7) is 4.95. The largest absolute Gasteiger partial charge is 0.383 e. The molecular formula is C21H30N2O5S. The van der Waals surface area contributed by atoms with E-state index in [1.165, 1.54) is 0 Å². The molecule has 8 heteroatoms. The van der Waals surface area contributed by atoms with Crippen molar-refractivity contribution in [3.63, 3.8) is 0 Å². The fourth-order valence-electron chi connectivity index (χ4n) is 4.88. The number of amides is 1. The number of hydrogen-bond acceptors (Lipinski definition) is 5. The maximum atomic E-state index is 12.8. The second-order valence-corrected chi connectivity index (χ2v) is 10.5. The average Bonchev–Trinajstić information content (AvgIpc) is 2.97. The van der Waals surface area contributed by atoms with Crippen LogP contribution < -0.4 is 10.0 Å². The van der Waals surface area contributed by atoms with Crippen molar-refractivity contribution in [1.29, 1.82) is 0 Å². The van der Waals surface area contributed by atoms with Gasteiger partial charge in [0.2, 0.25) is 15.9 Å². The Kier molecular flexibility index (Phi) is 6.06. The summed E-state index contributed by atoms with van der Waals surface area (Å²) >= 11 is 0. The van der Waals surface area contributed by atoms with E-state index in [9.17, 15) is 18.0 Å². The molecule has 1 aromatic rings. The van der Waals surface area contributed by atoms with E-state index in [0.29, 0.717) is 31.7 Å². The molecule has 2 aliphatic carbocycles. The van der Waals surface area contributed by atoms with Crippen LogP contribution in [0.1, 0.15) is 38.7 Å². The minimum Gasteiger partial charge on any atom is -0.383 e. The van der Waals surface area contributed by atoms with Crippen LogP contribution in [0.2, 0.25) is 0 Å². The van der Waals surface area contributed by atoms with Gasteiger partial charge in [-0.1, -0.05) is 26.0 Å². The highest BCUT2D eigenvalue weighted by Gasteiger charge is 2.65. The van der Waals surface area contributed by atoms with Gasteiger partial charge in [0.25, 0.3) is 0 Å². The molecule has 1 amide bonds.